The maximum atomic E-state index is 12.2. The van der Waals surface area contributed by atoms with Gasteiger partial charge in [-0.05, 0) is 30.7 Å². The van der Waals surface area contributed by atoms with Gasteiger partial charge in [0.15, 0.2) is 0 Å². The fourth-order valence-corrected chi connectivity index (χ4v) is 3.21. The maximum Gasteiger partial charge on any atom is 0.254 e. The van der Waals surface area contributed by atoms with Crippen molar-refractivity contribution >= 4 is 23.2 Å². The lowest BCUT2D eigenvalue weighted by molar-refractivity contribution is -0.122. The van der Waals surface area contributed by atoms with Gasteiger partial charge in [-0.1, -0.05) is 29.8 Å². The normalized spacial score (nSPS) is 16.3. The highest BCUT2D eigenvalue weighted by atomic mass is 35.5. The summed E-state index contributed by atoms with van der Waals surface area (Å²) in [6.07, 6.45) is 3.41. The van der Waals surface area contributed by atoms with Crippen LogP contribution in [0.5, 0.6) is 0 Å². The van der Waals surface area contributed by atoms with Crippen molar-refractivity contribution in [3.8, 4) is 0 Å². The Morgan fingerprint density at radius 3 is 2.48 bits per heavy atom. The molecule has 142 valence electrons. The highest BCUT2D eigenvalue weighted by Gasteiger charge is 2.19. The predicted molar refractivity (Wildman–Crippen MR) is 108 cm³/mol. The lowest BCUT2D eigenvalue weighted by atomic mass is 10.2. The Balaban J connectivity index is 1.42. The number of rotatable bonds is 6. The average Bonchev–Trinajstić information content (AvgIpc) is 2.70. The molecular formula is C20H24ClN5O. The van der Waals surface area contributed by atoms with E-state index in [0.717, 1.165) is 54.6 Å². The van der Waals surface area contributed by atoms with Crippen LogP contribution in [0.15, 0.2) is 53.9 Å². The molecule has 1 amide bonds. The summed E-state index contributed by atoms with van der Waals surface area (Å²) >= 11 is 6.24. The van der Waals surface area contributed by atoms with Crippen molar-refractivity contribution < 1.29 is 4.79 Å². The van der Waals surface area contributed by atoms with E-state index in [0.29, 0.717) is 6.54 Å². The molecule has 2 aromatic rings. The molecule has 27 heavy (non-hydrogen) atoms. The Kier molecular flexibility index (Phi) is 6.92. The summed E-state index contributed by atoms with van der Waals surface area (Å²) in [5, 5.41) is 4.99. The molecule has 0 aliphatic carbocycles. The van der Waals surface area contributed by atoms with Gasteiger partial charge in [-0.3, -0.25) is 19.6 Å². The minimum absolute atomic E-state index is 0.0945. The third kappa shape index (κ3) is 5.85. The molecule has 7 heteroatoms. The van der Waals surface area contributed by atoms with Crippen LogP contribution in [-0.4, -0.2) is 59.1 Å². The van der Waals surface area contributed by atoms with Crippen LogP contribution < -0.4 is 5.43 Å². The number of pyridine rings is 1. The third-order valence-electron chi connectivity index (χ3n) is 4.63. The summed E-state index contributed by atoms with van der Waals surface area (Å²) in [6, 6.07) is 11.7. The van der Waals surface area contributed by atoms with Crippen molar-refractivity contribution in [2.45, 2.75) is 13.5 Å². The van der Waals surface area contributed by atoms with E-state index in [-0.39, 0.29) is 5.91 Å². The van der Waals surface area contributed by atoms with Crippen LogP contribution in [0.25, 0.3) is 0 Å². The number of hydrazone groups is 1. The SMILES string of the molecule is C/C(=N\NC(=O)CN1CCN(Cc2ccccc2Cl)CC1)c1ccncc1. The first kappa shape index (κ1) is 19.5. The van der Waals surface area contributed by atoms with E-state index in [9.17, 15) is 4.79 Å². The van der Waals surface area contributed by atoms with E-state index in [1.165, 1.54) is 0 Å². The van der Waals surface area contributed by atoms with Gasteiger partial charge in [0.2, 0.25) is 0 Å². The first-order valence-corrected chi connectivity index (χ1v) is 9.41. The van der Waals surface area contributed by atoms with Crippen LogP contribution in [0.2, 0.25) is 5.02 Å². The Morgan fingerprint density at radius 2 is 1.78 bits per heavy atom. The van der Waals surface area contributed by atoms with Gasteiger partial charge in [0.1, 0.15) is 0 Å². The Morgan fingerprint density at radius 1 is 1.11 bits per heavy atom. The van der Waals surface area contributed by atoms with Gasteiger partial charge in [-0.25, -0.2) is 5.43 Å². The largest absolute Gasteiger partial charge is 0.296 e. The van der Waals surface area contributed by atoms with Crippen molar-refractivity contribution in [1.82, 2.24) is 20.2 Å². The number of aromatic nitrogens is 1. The van der Waals surface area contributed by atoms with Gasteiger partial charge >= 0.3 is 0 Å². The molecule has 3 rings (SSSR count). The number of nitrogens with zero attached hydrogens (tertiary/aromatic N) is 4. The fraction of sp³-hybridized carbons (Fsp3) is 0.350. The molecule has 1 saturated heterocycles. The molecule has 0 saturated carbocycles. The van der Waals surface area contributed by atoms with E-state index in [1.54, 1.807) is 12.4 Å². The van der Waals surface area contributed by atoms with E-state index in [1.807, 2.05) is 37.3 Å². The number of nitrogens with one attached hydrogen (secondary N) is 1. The summed E-state index contributed by atoms with van der Waals surface area (Å²) < 4.78 is 0. The highest BCUT2D eigenvalue weighted by molar-refractivity contribution is 6.31. The van der Waals surface area contributed by atoms with Gasteiger partial charge in [-0.15, -0.1) is 0 Å². The van der Waals surface area contributed by atoms with Gasteiger partial charge in [-0.2, -0.15) is 5.10 Å². The third-order valence-corrected chi connectivity index (χ3v) is 5.00. The second-order valence-corrected chi connectivity index (χ2v) is 7.02. The van der Waals surface area contributed by atoms with Crippen LogP contribution in [0.1, 0.15) is 18.1 Å². The molecular weight excluding hydrogens is 362 g/mol. The molecule has 0 radical (unpaired) electrons. The molecule has 0 bridgehead atoms. The van der Waals surface area contributed by atoms with Gasteiger partial charge in [0.25, 0.3) is 5.91 Å². The number of piperazine rings is 1. The molecule has 0 atom stereocenters. The maximum absolute atomic E-state index is 12.2. The van der Waals surface area contributed by atoms with E-state index in [4.69, 9.17) is 11.6 Å². The van der Waals surface area contributed by atoms with Crippen LogP contribution in [0, 0.1) is 0 Å². The fourth-order valence-electron chi connectivity index (χ4n) is 3.02. The number of hydrogen-bond acceptors (Lipinski definition) is 5. The van der Waals surface area contributed by atoms with Crippen LogP contribution >= 0.6 is 11.6 Å². The number of halogens is 1. The number of carbonyl (C=O) groups excluding carboxylic acids is 1. The zero-order chi connectivity index (χ0) is 19.1. The standard InChI is InChI=1S/C20H24ClN5O/c1-16(17-6-8-22-9-7-17)23-24-20(27)15-26-12-10-25(11-13-26)14-18-4-2-3-5-19(18)21/h2-9H,10-15H2,1H3,(H,24,27)/b23-16+. The zero-order valence-electron chi connectivity index (χ0n) is 15.4. The molecule has 6 nitrogen and oxygen atoms in total. The molecule has 1 aliphatic heterocycles. The molecule has 1 N–H and O–H groups in total. The van der Waals surface area contributed by atoms with Gasteiger partial charge < -0.3 is 0 Å². The van der Waals surface area contributed by atoms with Crippen molar-refractivity contribution in [2.24, 2.45) is 5.10 Å². The second-order valence-electron chi connectivity index (χ2n) is 6.61. The molecule has 0 spiro atoms. The number of hydrogen-bond donors (Lipinski definition) is 1. The number of benzene rings is 1. The monoisotopic (exact) mass is 385 g/mol. The predicted octanol–water partition coefficient (Wildman–Crippen LogP) is 2.39. The van der Waals surface area contributed by atoms with E-state index < -0.39 is 0 Å². The lowest BCUT2D eigenvalue weighted by Gasteiger charge is -2.34. The minimum Gasteiger partial charge on any atom is -0.296 e. The second kappa shape index (κ2) is 9.60. The summed E-state index contributed by atoms with van der Waals surface area (Å²) in [6.45, 7) is 6.59. The summed E-state index contributed by atoms with van der Waals surface area (Å²) in [7, 11) is 0. The number of carbonyl (C=O) groups is 1. The Labute approximate surface area is 164 Å². The average molecular weight is 386 g/mol. The smallest absolute Gasteiger partial charge is 0.254 e. The van der Waals surface area contributed by atoms with Crippen LogP contribution in [0.4, 0.5) is 0 Å². The van der Waals surface area contributed by atoms with Gasteiger partial charge in [0.05, 0.1) is 12.3 Å². The summed E-state index contributed by atoms with van der Waals surface area (Å²) in [4.78, 5) is 20.6. The first-order valence-electron chi connectivity index (χ1n) is 9.03. The topological polar surface area (TPSA) is 60.8 Å². The summed E-state index contributed by atoms with van der Waals surface area (Å²) in [5.74, 6) is -0.0945. The quantitative estimate of drug-likeness (QED) is 0.612. The molecule has 1 fully saturated rings. The van der Waals surface area contributed by atoms with E-state index >= 15 is 0 Å². The molecule has 1 aromatic carbocycles. The van der Waals surface area contributed by atoms with Crippen molar-refractivity contribution in [2.75, 3.05) is 32.7 Å². The molecule has 2 heterocycles. The van der Waals surface area contributed by atoms with E-state index in [2.05, 4.69) is 31.4 Å². The summed E-state index contributed by atoms with van der Waals surface area (Å²) in [5.41, 5.74) is 5.49. The van der Waals surface area contributed by atoms with Crippen molar-refractivity contribution in [3.05, 3.63) is 64.9 Å². The number of amides is 1. The zero-order valence-corrected chi connectivity index (χ0v) is 16.2. The Hall–Kier alpha value is -2.28. The lowest BCUT2D eigenvalue weighted by Crippen LogP contribution is -2.48. The van der Waals surface area contributed by atoms with Gasteiger partial charge in [0, 0.05) is 55.7 Å². The molecule has 1 aliphatic rings. The molecule has 0 unspecified atom stereocenters. The van der Waals surface area contributed by atoms with Crippen LogP contribution in [-0.2, 0) is 11.3 Å². The van der Waals surface area contributed by atoms with Crippen molar-refractivity contribution in [1.29, 1.82) is 0 Å². The van der Waals surface area contributed by atoms with Crippen LogP contribution in [0.3, 0.4) is 0 Å². The minimum atomic E-state index is -0.0945. The highest BCUT2D eigenvalue weighted by Crippen LogP contribution is 2.17. The molecule has 1 aromatic heterocycles. The van der Waals surface area contributed by atoms with Crippen molar-refractivity contribution in [3.63, 3.8) is 0 Å². The Bertz CT molecular complexity index is 788. The first-order chi connectivity index (χ1) is 13.1.